The first-order chi connectivity index (χ1) is 17.6. The molecule has 4 N–H and O–H groups in total. The highest BCUT2D eigenvalue weighted by Gasteiger charge is 2.35. The molecule has 1 unspecified atom stereocenters. The summed E-state index contributed by atoms with van der Waals surface area (Å²) in [6.07, 6.45) is 5.96. The maximum atomic E-state index is 13.8. The first kappa shape index (κ1) is 29.3. The van der Waals surface area contributed by atoms with Gasteiger partial charge in [-0.2, -0.15) is 4.98 Å². The second-order valence-corrected chi connectivity index (χ2v) is 9.73. The smallest absolute Gasteiger partial charge is 0.230 e. The van der Waals surface area contributed by atoms with Gasteiger partial charge < -0.3 is 30.5 Å². The zero-order chi connectivity index (χ0) is 25.1. The molecule has 3 aromatic rings. The molecule has 2 aliphatic rings. The van der Waals surface area contributed by atoms with Crippen molar-refractivity contribution >= 4 is 41.0 Å². The summed E-state index contributed by atoms with van der Waals surface area (Å²) in [5.41, 5.74) is 8.15. The molecule has 206 valence electrons. The number of nitrogen functional groups attached to an aromatic ring is 1. The number of fused-ring (bicyclic) bond motifs is 1. The minimum Gasteiger partial charge on any atom is -0.493 e. The summed E-state index contributed by atoms with van der Waals surface area (Å²) < 4.78 is 10.8. The molecule has 1 saturated carbocycles. The van der Waals surface area contributed by atoms with Gasteiger partial charge in [0, 0.05) is 37.6 Å². The van der Waals surface area contributed by atoms with E-state index in [4.69, 9.17) is 20.2 Å². The van der Waals surface area contributed by atoms with Crippen molar-refractivity contribution in [1.82, 2.24) is 14.9 Å². The number of piperazine rings is 1. The zero-order valence-corrected chi connectivity index (χ0v) is 22.9. The lowest BCUT2D eigenvalue weighted by Gasteiger charge is -2.39. The molecule has 1 aliphatic heterocycles. The molecule has 1 saturated heterocycles. The molecule has 9 nitrogen and oxygen atoms in total. The van der Waals surface area contributed by atoms with Gasteiger partial charge in [0.25, 0.3) is 0 Å². The van der Waals surface area contributed by atoms with Crippen molar-refractivity contribution in [1.29, 1.82) is 0 Å². The van der Waals surface area contributed by atoms with Crippen LogP contribution in [-0.2, 0) is 4.79 Å². The van der Waals surface area contributed by atoms with Crippen molar-refractivity contribution in [3.05, 3.63) is 48.0 Å². The van der Waals surface area contributed by atoms with Crippen LogP contribution in [0.25, 0.3) is 10.9 Å². The number of halogens is 1. The third-order valence-corrected chi connectivity index (χ3v) is 7.64. The lowest BCUT2D eigenvalue weighted by atomic mass is 9.76. The van der Waals surface area contributed by atoms with Crippen molar-refractivity contribution in [3.63, 3.8) is 0 Å². The quantitative estimate of drug-likeness (QED) is 0.500. The van der Waals surface area contributed by atoms with Crippen LogP contribution in [0, 0.1) is 5.92 Å². The number of methoxy groups -OCH3 is 2. The molecule has 1 aromatic heterocycles. The Morgan fingerprint density at radius 1 is 0.947 bits per heavy atom. The number of hydrogen-bond donors (Lipinski definition) is 1. The van der Waals surface area contributed by atoms with Gasteiger partial charge in [-0.15, -0.1) is 12.4 Å². The number of amides is 1. The van der Waals surface area contributed by atoms with Crippen molar-refractivity contribution in [2.75, 3.05) is 51.0 Å². The van der Waals surface area contributed by atoms with Crippen molar-refractivity contribution in [3.8, 4) is 11.5 Å². The van der Waals surface area contributed by atoms with Crippen LogP contribution in [0.15, 0.2) is 42.5 Å². The highest BCUT2D eigenvalue weighted by Crippen LogP contribution is 2.38. The molecule has 0 spiro atoms. The fourth-order valence-electron chi connectivity index (χ4n) is 5.68. The Morgan fingerprint density at radius 3 is 2.21 bits per heavy atom. The van der Waals surface area contributed by atoms with Crippen LogP contribution in [-0.4, -0.2) is 66.6 Å². The molecule has 38 heavy (non-hydrogen) atoms. The van der Waals surface area contributed by atoms with Crippen molar-refractivity contribution in [2.45, 2.75) is 38.0 Å². The Bertz CT molecular complexity index is 1210. The number of carbonyl (C=O) groups excluding carboxylic acids is 1. The first-order valence-corrected chi connectivity index (χ1v) is 12.9. The summed E-state index contributed by atoms with van der Waals surface area (Å²) in [6, 6.07) is 14.0. The number of benzene rings is 2. The topological polar surface area (TPSA) is 125 Å². The minimum atomic E-state index is -0.0620. The number of carbonyl (C=O) groups is 1. The summed E-state index contributed by atoms with van der Waals surface area (Å²) in [5.74, 6) is 2.77. The van der Waals surface area contributed by atoms with E-state index in [9.17, 15) is 4.79 Å². The summed E-state index contributed by atoms with van der Waals surface area (Å²) in [6.45, 7) is 2.61. The summed E-state index contributed by atoms with van der Waals surface area (Å²) >= 11 is 0. The lowest BCUT2D eigenvalue weighted by Crippen LogP contribution is -2.51. The van der Waals surface area contributed by atoms with E-state index in [2.05, 4.69) is 22.0 Å². The van der Waals surface area contributed by atoms with Gasteiger partial charge in [0.05, 0.1) is 25.7 Å². The second-order valence-electron chi connectivity index (χ2n) is 9.73. The minimum absolute atomic E-state index is 0. The lowest BCUT2D eigenvalue weighted by molar-refractivity contribution is -0.134. The molecule has 10 heteroatoms. The zero-order valence-electron chi connectivity index (χ0n) is 22.1. The van der Waals surface area contributed by atoms with E-state index >= 15 is 0 Å². The molecule has 2 heterocycles. The van der Waals surface area contributed by atoms with Crippen LogP contribution in [0.3, 0.4) is 0 Å². The van der Waals surface area contributed by atoms with Crippen LogP contribution in [0.5, 0.6) is 11.5 Å². The summed E-state index contributed by atoms with van der Waals surface area (Å²) in [5, 5.41) is 0.725. The Hall–Kier alpha value is -3.30. The maximum absolute atomic E-state index is 13.8. The number of anilines is 2. The molecule has 5 rings (SSSR count). The fraction of sp³-hybridized carbons (Fsp3) is 0.464. The average molecular weight is 544 g/mol. The highest BCUT2D eigenvalue weighted by molar-refractivity contribution is 5.92. The number of rotatable bonds is 6. The Labute approximate surface area is 230 Å². The van der Waals surface area contributed by atoms with Crippen LogP contribution in [0.1, 0.15) is 43.6 Å². The first-order valence-electron chi connectivity index (χ1n) is 12.9. The highest BCUT2D eigenvalue weighted by atomic mass is 35.5. The normalized spacial score (nSPS) is 16.8. The molecule has 0 bridgehead atoms. The van der Waals surface area contributed by atoms with Crippen LogP contribution in [0.2, 0.25) is 0 Å². The fourth-order valence-corrected chi connectivity index (χ4v) is 5.68. The molecule has 1 atom stereocenters. The van der Waals surface area contributed by atoms with E-state index in [1.165, 1.54) is 19.3 Å². The number of nitrogens with two attached hydrogens (primary N) is 1. The predicted octanol–water partition coefficient (Wildman–Crippen LogP) is 3.84. The molecular formula is C28H38ClN5O4. The number of nitrogens with zero attached hydrogens (tertiary/aromatic N) is 4. The Kier molecular flexibility index (Phi) is 9.99. The molecule has 2 aromatic carbocycles. The molecule has 1 aliphatic carbocycles. The Morgan fingerprint density at radius 2 is 1.58 bits per heavy atom. The Balaban J connectivity index is 0.00000200. The molecular weight excluding hydrogens is 506 g/mol. The van der Waals surface area contributed by atoms with Crippen LogP contribution < -0.4 is 20.1 Å². The monoisotopic (exact) mass is 543 g/mol. The van der Waals surface area contributed by atoms with Gasteiger partial charge in [-0.05, 0) is 30.4 Å². The SMILES string of the molecule is COc1cc2nc(N3CCN(C(=O)C(c4ccccc4)C4CCCCC4)CC3)nc(N)c2cc1OC.Cl.O. The van der Waals surface area contributed by atoms with Gasteiger partial charge in [0.2, 0.25) is 11.9 Å². The second kappa shape index (κ2) is 13.0. The van der Waals surface area contributed by atoms with Gasteiger partial charge in [-0.25, -0.2) is 4.98 Å². The van der Waals surface area contributed by atoms with Crippen molar-refractivity contribution < 1.29 is 19.7 Å². The van der Waals surface area contributed by atoms with Crippen molar-refractivity contribution in [2.24, 2.45) is 5.92 Å². The van der Waals surface area contributed by atoms with E-state index < -0.39 is 0 Å². The van der Waals surface area contributed by atoms with Crippen LogP contribution >= 0.6 is 12.4 Å². The van der Waals surface area contributed by atoms with E-state index in [1.807, 2.05) is 29.2 Å². The standard InChI is InChI=1S/C28H35N5O3.ClH.H2O/c1-35-23-17-21-22(18-24(23)36-2)30-28(31-26(21)29)33-15-13-32(14-16-33)27(34)25(19-9-5-3-6-10-19)20-11-7-4-8-12-20;;/h3,5-6,9-10,17-18,20,25H,4,7-8,11-16H2,1-2H3,(H2,29,30,31);1H;1H2. The van der Waals surface area contributed by atoms with E-state index in [0.717, 1.165) is 23.8 Å². The molecule has 1 amide bonds. The summed E-state index contributed by atoms with van der Waals surface area (Å²) in [7, 11) is 3.19. The van der Waals surface area contributed by atoms with Crippen LogP contribution in [0.4, 0.5) is 11.8 Å². The third kappa shape index (κ3) is 5.89. The van der Waals surface area contributed by atoms with Gasteiger partial charge in [0.15, 0.2) is 11.5 Å². The van der Waals surface area contributed by atoms with Gasteiger partial charge in [0.1, 0.15) is 5.82 Å². The number of aromatic nitrogens is 2. The molecule has 2 fully saturated rings. The largest absolute Gasteiger partial charge is 0.493 e. The number of ether oxygens (including phenoxy) is 2. The van der Waals surface area contributed by atoms with Gasteiger partial charge in [-0.3, -0.25) is 4.79 Å². The van der Waals surface area contributed by atoms with E-state index in [1.54, 1.807) is 20.3 Å². The predicted molar refractivity (Wildman–Crippen MR) is 152 cm³/mol. The van der Waals surface area contributed by atoms with E-state index in [0.29, 0.717) is 60.9 Å². The maximum Gasteiger partial charge on any atom is 0.230 e. The van der Waals surface area contributed by atoms with Gasteiger partial charge >= 0.3 is 0 Å². The van der Waals surface area contributed by atoms with E-state index in [-0.39, 0.29) is 29.7 Å². The third-order valence-electron chi connectivity index (χ3n) is 7.64. The average Bonchev–Trinajstić information content (AvgIpc) is 2.93. The number of hydrogen-bond acceptors (Lipinski definition) is 7. The molecule has 0 radical (unpaired) electrons. The van der Waals surface area contributed by atoms with Gasteiger partial charge in [-0.1, -0.05) is 49.6 Å². The summed E-state index contributed by atoms with van der Waals surface area (Å²) in [4.78, 5) is 27.3.